The van der Waals surface area contributed by atoms with Crippen LogP contribution in [0.3, 0.4) is 0 Å². The lowest BCUT2D eigenvalue weighted by molar-refractivity contribution is 0.0831. The third kappa shape index (κ3) is 6.71. The van der Waals surface area contributed by atoms with Gasteiger partial charge in [-0.2, -0.15) is 0 Å². The normalized spacial score (nSPS) is 25.6. The highest BCUT2D eigenvalue weighted by Crippen LogP contribution is 2.70. The minimum atomic E-state index is -1.52. The molecule has 0 amide bonds. The van der Waals surface area contributed by atoms with E-state index in [0.29, 0.717) is 23.7 Å². The van der Waals surface area contributed by atoms with Gasteiger partial charge in [0, 0.05) is 16.7 Å². The standard InChI is InChI=1S/C52H80Si2/c1-14-53(15-2,16-3)43-30-24-39(25-31-43)52(38-22-20-21-23-38,40-26-32-44(33-27-40)54(17-4,18-5)19-6)48-46-36-41(49(7,8)9)28-34-45(46)47-35-29-42(50(10,11)12)37-51(47,48)13/h24-27,30-36,38,41-42,48H,14-23,28-29,37H2,1-13H3/t41?,42?,48?,51-/m0/s1. The van der Waals surface area contributed by atoms with Gasteiger partial charge >= 0.3 is 0 Å². The largest absolute Gasteiger partial charge is 0.0859 e. The van der Waals surface area contributed by atoms with Crippen LogP contribution in [0.25, 0.3) is 0 Å². The van der Waals surface area contributed by atoms with Gasteiger partial charge in [0.15, 0.2) is 0 Å². The summed E-state index contributed by atoms with van der Waals surface area (Å²) in [7, 11) is -3.03. The smallest absolute Gasteiger partial charge is 0.0798 e. The van der Waals surface area contributed by atoms with E-state index in [4.69, 9.17) is 0 Å². The Morgan fingerprint density at radius 2 is 1.06 bits per heavy atom. The molecule has 54 heavy (non-hydrogen) atoms. The molecule has 4 aliphatic carbocycles. The summed E-state index contributed by atoms with van der Waals surface area (Å²) in [5, 5.41) is 3.38. The molecule has 0 radical (unpaired) electrons. The first-order valence-corrected chi connectivity index (χ1v) is 28.1. The van der Waals surface area contributed by atoms with Gasteiger partial charge in [-0.15, -0.1) is 0 Å². The van der Waals surface area contributed by atoms with Gasteiger partial charge in [0.25, 0.3) is 0 Å². The minimum Gasteiger partial charge on any atom is -0.0798 e. The molecular formula is C52H80Si2. The van der Waals surface area contributed by atoms with Gasteiger partial charge in [-0.05, 0) is 88.5 Å². The highest BCUT2D eigenvalue weighted by atomic mass is 28.3. The van der Waals surface area contributed by atoms with E-state index in [1.54, 1.807) is 38.2 Å². The first kappa shape index (κ1) is 41.7. The van der Waals surface area contributed by atoms with E-state index in [9.17, 15) is 0 Å². The Labute approximate surface area is 336 Å². The topological polar surface area (TPSA) is 0 Å². The molecule has 0 heterocycles. The molecule has 0 spiro atoms. The molecule has 2 heteroatoms. The van der Waals surface area contributed by atoms with E-state index in [1.807, 2.05) is 0 Å². The van der Waals surface area contributed by atoms with Crippen LogP contribution < -0.4 is 10.4 Å². The number of rotatable bonds is 12. The summed E-state index contributed by atoms with van der Waals surface area (Å²) in [6.45, 7) is 32.6. The van der Waals surface area contributed by atoms with Crippen molar-refractivity contribution in [2.24, 2.45) is 39.9 Å². The maximum atomic E-state index is 2.86. The van der Waals surface area contributed by atoms with Gasteiger partial charge in [0.05, 0.1) is 16.1 Å². The lowest BCUT2D eigenvalue weighted by Crippen LogP contribution is -2.51. The lowest BCUT2D eigenvalue weighted by atomic mass is 9.49. The molecule has 0 N–H and O–H groups in total. The van der Waals surface area contributed by atoms with Crippen molar-refractivity contribution in [3.63, 3.8) is 0 Å². The molecule has 2 aromatic rings. The first-order valence-electron chi connectivity index (χ1n) is 22.9. The molecule has 2 fully saturated rings. The molecule has 0 nitrogen and oxygen atoms in total. The van der Waals surface area contributed by atoms with Gasteiger partial charge in [-0.3, -0.25) is 0 Å². The molecule has 0 aromatic heterocycles. The van der Waals surface area contributed by atoms with Crippen LogP contribution in [0.2, 0.25) is 36.3 Å². The average Bonchev–Trinajstić information content (AvgIpc) is 3.79. The maximum Gasteiger partial charge on any atom is 0.0859 e. The third-order valence-electron chi connectivity index (χ3n) is 17.2. The van der Waals surface area contributed by atoms with E-state index in [-0.39, 0.29) is 21.7 Å². The van der Waals surface area contributed by atoms with Gasteiger partial charge in [0.2, 0.25) is 0 Å². The Morgan fingerprint density at radius 1 is 0.593 bits per heavy atom. The molecule has 6 rings (SSSR count). The number of hydrogen-bond donors (Lipinski definition) is 0. The molecule has 3 unspecified atom stereocenters. The van der Waals surface area contributed by atoms with Crippen molar-refractivity contribution < 1.29 is 0 Å². The van der Waals surface area contributed by atoms with Crippen LogP contribution in [0.1, 0.15) is 146 Å². The van der Waals surface area contributed by atoms with E-state index in [2.05, 4.69) is 157 Å². The number of benzene rings is 2. The van der Waals surface area contributed by atoms with Gasteiger partial charge < -0.3 is 0 Å². The Bertz CT molecular complexity index is 1610. The first-order chi connectivity index (χ1) is 25.5. The Morgan fingerprint density at radius 3 is 1.46 bits per heavy atom. The number of fused-ring (bicyclic) bond motifs is 3. The van der Waals surface area contributed by atoms with Crippen LogP contribution >= 0.6 is 0 Å². The number of hydrogen-bond acceptors (Lipinski definition) is 0. The molecule has 4 atom stereocenters. The summed E-state index contributed by atoms with van der Waals surface area (Å²) in [6, 6.07) is 29.5. The van der Waals surface area contributed by atoms with E-state index >= 15 is 0 Å². The van der Waals surface area contributed by atoms with Crippen LogP contribution in [0, 0.1) is 39.9 Å². The predicted octanol–water partition coefficient (Wildman–Crippen LogP) is 14.5. The molecule has 2 saturated carbocycles. The summed E-state index contributed by atoms with van der Waals surface area (Å²) in [4.78, 5) is 0. The highest BCUT2D eigenvalue weighted by Gasteiger charge is 2.63. The zero-order valence-corrected chi connectivity index (χ0v) is 39.4. The van der Waals surface area contributed by atoms with Crippen LogP contribution in [0.4, 0.5) is 0 Å². The lowest BCUT2D eigenvalue weighted by Gasteiger charge is -2.54. The minimum absolute atomic E-state index is 0.0735. The zero-order valence-electron chi connectivity index (χ0n) is 37.4. The monoisotopic (exact) mass is 761 g/mol. The number of allylic oxidation sites excluding steroid dienone is 6. The van der Waals surface area contributed by atoms with Crippen molar-refractivity contribution in [3.05, 3.63) is 94.6 Å². The fourth-order valence-electron chi connectivity index (χ4n) is 13.0. The summed E-state index contributed by atoms with van der Waals surface area (Å²) >= 11 is 0. The highest BCUT2D eigenvalue weighted by molar-refractivity contribution is 6.92. The van der Waals surface area contributed by atoms with Crippen LogP contribution in [-0.4, -0.2) is 16.1 Å². The molecular weight excluding hydrogens is 681 g/mol. The molecule has 2 aromatic carbocycles. The van der Waals surface area contributed by atoms with Crippen molar-refractivity contribution in [2.75, 3.05) is 0 Å². The molecule has 0 saturated heterocycles. The fraction of sp³-hybridized carbons (Fsp3) is 0.654. The maximum absolute atomic E-state index is 2.86. The average molecular weight is 761 g/mol. The van der Waals surface area contributed by atoms with Crippen molar-refractivity contribution in [3.8, 4) is 0 Å². The quantitative estimate of drug-likeness (QED) is 0.189. The fourth-order valence-corrected chi connectivity index (χ4v) is 20.2. The van der Waals surface area contributed by atoms with E-state index in [0.717, 1.165) is 0 Å². The van der Waals surface area contributed by atoms with Crippen LogP contribution in [0.5, 0.6) is 0 Å². The second kappa shape index (κ2) is 15.5. The summed E-state index contributed by atoms with van der Waals surface area (Å²) in [5.74, 6) is 2.27. The molecule has 296 valence electrons. The SMILES string of the molecule is CC[Si](CC)(CC)c1ccc(C(c2ccc([Si](CC)(CC)CC)cc2)(C2CCCC2)C2C3=CC(C(C)(C)C)CC=C3C3=CCC(C(C)(C)C)C[C@@]32C)cc1. The summed E-state index contributed by atoms with van der Waals surface area (Å²) in [6.07, 6.45) is 17.4. The van der Waals surface area contributed by atoms with Gasteiger partial charge in [0.1, 0.15) is 0 Å². The third-order valence-corrected chi connectivity index (χ3v) is 28.4. The second-order valence-corrected chi connectivity index (χ2v) is 31.6. The van der Waals surface area contributed by atoms with Crippen molar-refractivity contribution in [2.45, 2.75) is 177 Å². The zero-order chi connectivity index (χ0) is 39.3. The van der Waals surface area contributed by atoms with Crippen LogP contribution in [-0.2, 0) is 5.41 Å². The molecule has 0 bridgehead atoms. The van der Waals surface area contributed by atoms with Gasteiger partial charge in [-0.1, -0.05) is 216 Å². The van der Waals surface area contributed by atoms with Gasteiger partial charge in [-0.25, -0.2) is 0 Å². The summed E-state index contributed by atoms with van der Waals surface area (Å²) in [5.41, 5.74) is 8.78. The molecule has 4 aliphatic rings. The Kier molecular flexibility index (Phi) is 11.9. The molecule has 0 aliphatic heterocycles. The van der Waals surface area contributed by atoms with Crippen molar-refractivity contribution in [1.82, 2.24) is 0 Å². The Hall–Kier alpha value is -1.91. The Balaban J connectivity index is 1.71. The summed E-state index contributed by atoms with van der Waals surface area (Å²) < 4.78 is 0. The predicted molar refractivity (Wildman–Crippen MR) is 245 cm³/mol. The van der Waals surface area contributed by atoms with Crippen molar-refractivity contribution >= 4 is 26.5 Å². The van der Waals surface area contributed by atoms with E-state index in [1.165, 1.54) is 81.2 Å². The van der Waals surface area contributed by atoms with E-state index < -0.39 is 16.1 Å². The second-order valence-electron chi connectivity index (χ2n) is 21.1. The van der Waals surface area contributed by atoms with Crippen LogP contribution in [0.15, 0.2) is 83.5 Å². The van der Waals surface area contributed by atoms with Crippen molar-refractivity contribution in [1.29, 1.82) is 0 Å².